The minimum Gasteiger partial charge on any atom is -0.373 e. The highest BCUT2D eigenvalue weighted by atomic mass is 32.2. The van der Waals surface area contributed by atoms with E-state index in [9.17, 15) is 8.42 Å². The summed E-state index contributed by atoms with van der Waals surface area (Å²) < 4.78 is 23.0. The Bertz CT molecular complexity index is 516. The first-order valence-electron chi connectivity index (χ1n) is 6.08. The van der Waals surface area contributed by atoms with Crippen molar-refractivity contribution in [2.75, 3.05) is 30.4 Å². The summed E-state index contributed by atoms with van der Waals surface area (Å²) in [5.74, 6) is 1.34. The molecule has 1 aliphatic rings. The van der Waals surface area contributed by atoms with Gasteiger partial charge in [0.05, 0.1) is 17.2 Å². The van der Waals surface area contributed by atoms with Crippen LogP contribution in [-0.2, 0) is 16.4 Å². The number of sulfone groups is 1. The van der Waals surface area contributed by atoms with Gasteiger partial charge in [-0.2, -0.15) is 0 Å². The average molecular weight is 269 g/mol. The number of hydrogen-bond donors (Lipinski definition) is 1. The Kier molecular flexibility index (Phi) is 3.87. The van der Waals surface area contributed by atoms with Gasteiger partial charge in [-0.1, -0.05) is 6.07 Å². The molecule has 1 atom stereocenters. The number of rotatable bonds is 3. The summed E-state index contributed by atoms with van der Waals surface area (Å²) in [4.78, 5) is 6.62. The van der Waals surface area contributed by atoms with Crippen molar-refractivity contribution in [3.05, 3.63) is 23.9 Å². The monoisotopic (exact) mass is 269 g/mol. The third-order valence-electron chi connectivity index (χ3n) is 3.24. The van der Waals surface area contributed by atoms with Crippen molar-refractivity contribution in [3.63, 3.8) is 0 Å². The van der Waals surface area contributed by atoms with Crippen LogP contribution in [0, 0.1) is 0 Å². The normalized spacial score (nSPS) is 23.8. The van der Waals surface area contributed by atoms with Gasteiger partial charge in [0.1, 0.15) is 5.82 Å². The van der Waals surface area contributed by atoms with Crippen molar-refractivity contribution >= 4 is 15.7 Å². The van der Waals surface area contributed by atoms with Gasteiger partial charge in [0.15, 0.2) is 9.84 Å². The molecule has 1 saturated heterocycles. The molecule has 5 nitrogen and oxygen atoms in total. The quantitative estimate of drug-likeness (QED) is 0.877. The number of nitrogens with one attached hydrogen (secondary N) is 1. The fourth-order valence-corrected chi connectivity index (χ4v) is 3.81. The molecule has 0 aliphatic carbocycles. The maximum atomic E-state index is 11.5. The van der Waals surface area contributed by atoms with E-state index in [-0.39, 0.29) is 17.5 Å². The summed E-state index contributed by atoms with van der Waals surface area (Å²) >= 11 is 0. The van der Waals surface area contributed by atoms with E-state index < -0.39 is 9.84 Å². The van der Waals surface area contributed by atoms with Crippen molar-refractivity contribution in [1.82, 2.24) is 9.88 Å². The minimum atomic E-state index is -2.84. The van der Waals surface area contributed by atoms with Crippen LogP contribution in [0.15, 0.2) is 18.2 Å². The van der Waals surface area contributed by atoms with Gasteiger partial charge in [0.2, 0.25) is 0 Å². The van der Waals surface area contributed by atoms with Crippen LogP contribution in [0.4, 0.5) is 5.82 Å². The average Bonchev–Trinajstić information content (AvgIpc) is 2.32. The Balaban J connectivity index is 2.05. The zero-order valence-electron chi connectivity index (χ0n) is 10.8. The minimum absolute atomic E-state index is 0.0591. The van der Waals surface area contributed by atoms with Gasteiger partial charge >= 0.3 is 0 Å². The van der Waals surface area contributed by atoms with Gasteiger partial charge in [-0.15, -0.1) is 0 Å². The lowest BCUT2D eigenvalue weighted by atomic mass is 10.2. The fourth-order valence-electron chi connectivity index (χ4n) is 2.18. The number of aromatic nitrogens is 1. The Morgan fingerprint density at radius 1 is 1.50 bits per heavy atom. The van der Waals surface area contributed by atoms with Crippen LogP contribution in [-0.4, -0.2) is 49.4 Å². The van der Waals surface area contributed by atoms with E-state index in [1.807, 2.05) is 32.2 Å². The Morgan fingerprint density at radius 2 is 2.28 bits per heavy atom. The Hall–Kier alpha value is -1.14. The van der Waals surface area contributed by atoms with Crippen molar-refractivity contribution in [1.29, 1.82) is 0 Å². The van der Waals surface area contributed by atoms with E-state index in [4.69, 9.17) is 0 Å². The molecule has 0 spiro atoms. The summed E-state index contributed by atoms with van der Waals surface area (Å²) in [5, 5.41) is 3.00. The zero-order chi connectivity index (χ0) is 13.2. The molecule has 0 amide bonds. The molecule has 2 heterocycles. The first kappa shape index (κ1) is 13.3. The van der Waals surface area contributed by atoms with Crippen molar-refractivity contribution < 1.29 is 8.42 Å². The Labute approximate surface area is 108 Å². The molecule has 0 radical (unpaired) electrons. The predicted molar refractivity (Wildman–Crippen MR) is 72.3 cm³/mol. The van der Waals surface area contributed by atoms with Crippen LogP contribution in [0.3, 0.4) is 0 Å². The number of nitrogens with zero attached hydrogens (tertiary/aromatic N) is 2. The lowest BCUT2D eigenvalue weighted by Gasteiger charge is -2.32. The fraction of sp³-hybridized carbons (Fsp3) is 0.583. The van der Waals surface area contributed by atoms with E-state index in [1.54, 1.807) is 0 Å². The van der Waals surface area contributed by atoms with E-state index in [1.165, 1.54) is 0 Å². The highest BCUT2D eigenvalue weighted by molar-refractivity contribution is 7.91. The molecule has 0 saturated carbocycles. The summed E-state index contributed by atoms with van der Waals surface area (Å²) in [6.07, 6.45) is 0. The van der Waals surface area contributed by atoms with Gasteiger partial charge in [-0.3, -0.25) is 4.90 Å². The zero-order valence-corrected chi connectivity index (χ0v) is 11.6. The van der Waals surface area contributed by atoms with Crippen LogP contribution in [0.25, 0.3) is 0 Å². The van der Waals surface area contributed by atoms with Crippen molar-refractivity contribution in [2.24, 2.45) is 0 Å². The molecule has 6 heteroatoms. The topological polar surface area (TPSA) is 62.3 Å². The van der Waals surface area contributed by atoms with Gasteiger partial charge < -0.3 is 5.32 Å². The van der Waals surface area contributed by atoms with Crippen LogP contribution in [0.2, 0.25) is 0 Å². The van der Waals surface area contributed by atoms with Gasteiger partial charge in [-0.25, -0.2) is 13.4 Å². The first-order valence-corrected chi connectivity index (χ1v) is 7.90. The molecule has 1 aliphatic heterocycles. The van der Waals surface area contributed by atoms with Crippen molar-refractivity contribution in [3.8, 4) is 0 Å². The van der Waals surface area contributed by atoms with Gasteiger partial charge in [0.25, 0.3) is 0 Å². The smallest absolute Gasteiger partial charge is 0.153 e. The van der Waals surface area contributed by atoms with Gasteiger partial charge in [-0.05, 0) is 19.1 Å². The Morgan fingerprint density at radius 3 is 2.94 bits per heavy atom. The van der Waals surface area contributed by atoms with Gasteiger partial charge in [0, 0.05) is 26.2 Å². The molecule has 100 valence electrons. The lowest BCUT2D eigenvalue weighted by Crippen LogP contribution is -2.46. The molecule has 1 aromatic heterocycles. The van der Waals surface area contributed by atoms with Crippen LogP contribution >= 0.6 is 0 Å². The SMILES string of the molecule is CNc1cccc(CN2CCS(=O)(=O)CC2C)n1. The van der Waals surface area contributed by atoms with Crippen LogP contribution < -0.4 is 5.32 Å². The first-order chi connectivity index (χ1) is 8.50. The second kappa shape index (κ2) is 5.24. The molecule has 1 aromatic rings. The highest BCUT2D eigenvalue weighted by Gasteiger charge is 2.28. The third-order valence-corrected chi connectivity index (χ3v) is 5.03. The maximum absolute atomic E-state index is 11.5. The van der Waals surface area contributed by atoms with E-state index in [0.717, 1.165) is 11.5 Å². The third kappa shape index (κ3) is 3.20. The molecule has 2 rings (SSSR count). The highest BCUT2D eigenvalue weighted by Crippen LogP contribution is 2.15. The van der Waals surface area contributed by atoms with Crippen LogP contribution in [0.5, 0.6) is 0 Å². The standard InChI is InChI=1S/C12H19N3O2S/c1-10-9-18(16,17)7-6-15(10)8-11-4-3-5-12(13-2)14-11/h3-5,10H,6-9H2,1-2H3,(H,13,14). The van der Waals surface area contributed by atoms with E-state index in [0.29, 0.717) is 13.1 Å². The van der Waals surface area contributed by atoms with E-state index >= 15 is 0 Å². The number of anilines is 1. The summed E-state index contributed by atoms with van der Waals surface area (Å²) in [7, 11) is -1.01. The molecule has 1 fully saturated rings. The molecular weight excluding hydrogens is 250 g/mol. The van der Waals surface area contributed by atoms with Crippen molar-refractivity contribution in [2.45, 2.75) is 19.5 Å². The summed E-state index contributed by atoms with van der Waals surface area (Å²) in [5.41, 5.74) is 0.966. The summed E-state index contributed by atoms with van der Waals surface area (Å²) in [6, 6.07) is 5.90. The summed E-state index contributed by atoms with van der Waals surface area (Å²) in [6.45, 7) is 3.25. The number of hydrogen-bond acceptors (Lipinski definition) is 5. The maximum Gasteiger partial charge on any atom is 0.153 e. The van der Waals surface area contributed by atoms with E-state index in [2.05, 4.69) is 15.2 Å². The second-order valence-corrected chi connectivity index (χ2v) is 6.93. The predicted octanol–water partition coefficient (Wildman–Crippen LogP) is 0.742. The molecule has 1 N–H and O–H groups in total. The number of pyridine rings is 1. The largest absolute Gasteiger partial charge is 0.373 e. The molecular formula is C12H19N3O2S. The molecule has 1 unspecified atom stereocenters. The molecule has 18 heavy (non-hydrogen) atoms. The molecule has 0 aromatic carbocycles. The second-order valence-electron chi connectivity index (χ2n) is 4.70. The lowest BCUT2D eigenvalue weighted by molar-refractivity contribution is 0.215. The molecule has 0 bridgehead atoms. The van der Waals surface area contributed by atoms with Crippen LogP contribution in [0.1, 0.15) is 12.6 Å².